The molecule has 26 heavy (non-hydrogen) atoms. The van der Waals surface area contributed by atoms with Gasteiger partial charge in [-0.2, -0.15) is 4.98 Å². The highest BCUT2D eigenvalue weighted by molar-refractivity contribution is 9.10. The molecule has 0 saturated heterocycles. The molecule has 2 aromatic carbocycles. The summed E-state index contributed by atoms with van der Waals surface area (Å²) in [5, 5.41) is 3.89. The minimum atomic E-state index is -0.505. The summed E-state index contributed by atoms with van der Waals surface area (Å²) in [6.07, 6.45) is 0. The van der Waals surface area contributed by atoms with Gasteiger partial charge in [0.1, 0.15) is 11.5 Å². The van der Waals surface area contributed by atoms with E-state index < -0.39 is 5.97 Å². The van der Waals surface area contributed by atoms with Crippen LogP contribution in [-0.4, -0.2) is 30.3 Å². The van der Waals surface area contributed by atoms with Gasteiger partial charge in [-0.3, -0.25) is 0 Å². The quantitative estimate of drug-likeness (QED) is 0.561. The van der Waals surface area contributed by atoms with Crippen molar-refractivity contribution in [2.45, 2.75) is 6.61 Å². The molecule has 0 saturated carbocycles. The van der Waals surface area contributed by atoms with E-state index in [1.54, 1.807) is 38.5 Å². The summed E-state index contributed by atoms with van der Waals surface area (Å²) in [5.74, 6) is 1.40. The average Bonchev–Trinajstić information content (AvgIpc) is 3.15. The van der Waals surface area contributed by atoms with E-state index in [1.165, 1.54) is 0 Å². The predicted molar refractivity (Wildman–Crippen MR) is 96.1 cm³/mol. The predicted octanol–water partition coefficient (Wildman–Crippen LogP) is 3.87. The van der Waals surface area contributed by atoms with Crippen LogP contribution in [0.3, 0.4) is 0 Å². The summed E-state index contributed by atoms with van der Waals surface area (Å²) < 4.78 is 21.3. The maximum atomic E-state index is 12.1. The number of carbonyl (C=O) groups is 1. The lowest BCUT2D eigenvalue weighted by Crippen LogP contribution is -2.05. The number of carbonyl (C=O) groups excluding carboxylic acids is 1. The average molecular weight is 419 g/mol. The van der Waals surface area contributed by atoms with Crippen LogP contribution in [0.15, 0.2) is 51.5 Å². The molecular formula is C18H15BrN2O5. The van der Waals surface area contributed by atoms with Crippen LogP contribution in [0.1, 0.15) is 16.2 Å². The van der Waals surface area contributed by atoms with Crippen LogP contribution in [0.2, 0.25) is 0 Å². The van der Waals surface area contributed by atoms with Gasteiger partial charge in [0.05, 0.1) is 24.3 Å². The number of aromatic nitrogens is 2. The molecule has 0 aliphatic carbocycles. The molecule has 0 aliphatic rings. The second-order valence-electron chi connectivity index (χ2n) is 5.17. The highest BCUT2D eigenvalue weighted by Crippen LogP contribution is 2.26. The maximum absolute atomic E-state index is 12.1. The van der Waals surface area contributed by atoms with E-state index in [1.807, 2.05) is 18.2 Å². The molecule has 0 atom stereocenters. The molecule has 0 bridgehead atoms. The number of ether oxygens (including phenoxy) is 3. The number of halogens is 1. The maximum Gasteiger partial charge on any atom is 0.338 e. The number of esters is 1. The minimum Gasteiger partial charge on any atom is -0.497 e. The smallest absolute Gasteiger partial charge is 0.338 e. The fourth-order valence-electron chi connectivity index (χ4n) is 2.20. The molecular weight excluding hydrogens is 404 g/mol. The van der Waals surface area contributed by atoms with Crippen LogP contribution in [0.5, 0.6) is 11.5 Å². The molecule has 0 fully saturated rings. The summed E-state index contributed by atoms with van der Waals surface area (Å²) >= 11 is 3.33. The SMILES string of the molecule is COc1cccc(-c2noc(COC(=O)c3ccc(OC)c(Br)c3)n2)c1. The first-order valence-electron chi connectivity index (χ1n) is 7.58. The lowest BCUT2D eigenvalue weighted by molar-refractivity contribution is 0.0429. The monoisotopic (exact) mass is 418 g/mol. The van der Waals surface area contributed by atoms with E-state index in [4.69, 9.17) is 18.7 Å². The molecule has 0 aliphatic heterocycles. The third kappa shape index (κ3) is 4.02. The highest BCUT2D eigenvalue weighted by atomic mass is 79.9. The Morgan fingerprint density at radius 1 is 1.15 bits per heavy atom. The summed E-state index contributed by atoms with van der Waals surface area (Å²) in [7, 11) is 3.13. The van der Waals surface area contributed by atoms with E-state index in [9.17, 15) is 4.79 Å². The number of rotatable bonds is 6. The van der Waals surface area contributed by atoms with Gasteiger partial charge in [-0.25, -0.2) is 4.79 Å². The molecule has 134 valence electrons. The van der Waals surface area contributed by atoms with Crippen LogP contribution in [-0.2, 0) is 11.3 Å². The number of nitrogens with zero attached hydrogens (tertiary/aromatic N) is 2. The zero-order valence-electron chi connectivity index (χ0n) is 14.1. The molecule has 3 aromatic rings. The second-order valence-corrected chi connectivity index (χ2v) is 6.02. The Morgan fingerprint density at radius 2 is 2.00 bits per heavy atom. The Hall–Kier alpha value is -2.87. The van der Waals surface area contributed by atoms with Crippen LogP contribution in [0, 0.1) is 0 Å². The molecule has 0 unspecified atom stereocenters. The second kappa shape index (κ2) is 8.01. The van der Waals surface area contributed by atoms with Gasteiger partial charge in [0, 0.05) is 5.56 Å². The third-order valence-electron chi connectivity index (χ3n) is 3.51. The lowest BCUT2D eigenvalue weighted by Gasteiger charge is -2.05. The van der Waals surface area contributed by atoms with Crippen molar-refractivity contribution in [1.29, 1.82) is 0 Å². The third-order valence-corrected chi connectivity index (χ3v) is 4.13. The van der Waals surface area contributed by atoms with Crippen molar-refractivity contribution in [3.63, 3.8) is 0 Å². The molecule has 0 amide bonds. The van der Waals surface area contributed by atoms with Gasteiger partial charge in [0.2, 0.25) is 5.82 Å². The van der Waals surface area contributed by atoms with Crippen molar-refractivity contribution < 1.29 is 23.5 Å². The van der Waals surface area contributed by atoms with Gasteiger partial charge in [-0.05, 0) is 46.3 Å². The zero-order chi connectivity index (χ0) is 18.5. The first kappa shape index (κ1) is 17.9. The van der Waals surface area contributed by atoms with E-state index in [0.717, 1.165) is 5.56 Å². The van der Waals surface area contributed by atoms with Crippen molar-refractivity contribution in [2.24, 2.45) is 0 Å². The van der Waals surface area contributed by atoms with Gasteiger partial charge in [0.15, 0.2) is 6.61 Å². The molecule has 0 N–H and O–H groups in total. The summed E-state index contributed by atoms with van der Waals surface area (Å²) in [6, 6.07) is 12.2. The molecule has 0 spiro atoms. The number of hydrogen-bond acceptors (Lipinski definition) is 7. The van der Waals surface area contributed by atoms with Crippen LogP contribution in [0.4, 0.5) is 0 Å². The highest BCUT2D eigenvalue weighted by Gasteiger charge is 2.14. The Balaban J connectivity index is 1.66. The molecule has 3 rings (SSSR count). The van der Waals surface area contributed by atoms with Crippen molar-refractivity contribution >= 4 is 21.9 Å². The number of hydrogen-bond donors (Lipinski definition) is 0. The lowest BCUT2D eigenvalue weighted by atomic mass is 10.2. The topological polar surface area (TPSA) is 83.7 Å². The van der Waals surface area contributed by atoms with E-state index in [0.29, 0.717) is 27.4 Å². The Labute approximate surface area is 158 Å². The van der Waals surface area contributed by atoms with E-state index in [2.05, 4.69) is 26.1 Å². The Morgan fingerprint density at radius 3 is 2.73 bits per heavy atom. The summed E-state index contributed by atoms with van der Waals surface area (Å²) in [5.41, 5.74) is 1.12. The van der Waals surface area contributed by atoms with Crippen molar-refractivity contribution in [2.75, 3.05) is 14.2 Å². The largest absolute Gasteiger partial charge is 0.497 e. The normalized spacial score (nSPS) is 10.4. The van der Waals surface area contributed by atoms with Crippen molar-refractivity contribution in [1.82, 2.24) is 10.1 Å². The number of benzene rings is 2. The standard InChI is InChI=1S/C18H15BrN2O5/c1-23-13-5-3-4-11(8-13)17-20-16(26-21-17)10-25-18(22)12-6-7-15(24-2)14(19)9-12/h3-9H,10H2,1-2H3. The summed E-state index contributed by atoms with van der Waals surface area (Å²) in [4.78, 5) is 16.4. The van der Waals surface area contributed by atoms with Crippen LogP contribution < -0.4 is 9.47 Å². The fraction of sp³-hybridized carbons (Fsp3) is 0.167. The van der Waals surface area contributed by atoms with E-state index >= 15 is 0 Å². The summed E-state index contributed by atoms with van der Waals surface area (Å²) in [6.45, 7) is -0.126. The molecule has 0 radical (unpaired) electrons. The number of methoxy groups -OCH3 is 2. The van der Waals surface area contributed by atoms with Gasteiger partial charge in [-0.1, -0.05) is 17.3 Å². The molecule has 1 heterocycles. The molecule has 7 nitrogen and oxygen atoms in total. The van der Waals surface area contributed by atoms with Gasteiger partial charge >= 0.3 is 5.97 Å². The Kier molecular flexibility index (Phi) is 5.52. The minimum absolute atomic E-state index is 0.126. The molecule has 1 aromatic heterocycles. The Bertz CT molecular complexity index is 925. The van der Waals surface area contributed by atoms with Gasteiger partial charge in [0.25, 0.3) is 5.89 Å². The van der Waals surface area contributed by atoms with E-state index in [-0.39, 0.29) is 12.5 Å². The first-order valence-corrected chi connectivity index (χ1v) is 8.37. The van der Waals surface area contributed by atoms with Crippen molar-refractivity contribution in [3.05, 3.63) is 58.4 Å². The van der Waals surface area contributed by atoms with Gasteiger partial charge in [-0.15, -0.1) is 0 Å². The van der Waals surface area contributed by atoms with Crippen LogP contribution >= 0.6 is 15.9 Å². The molecule has 8 heteroatoms. The van der Waals surface area contributed by atoms with Crippen molar-refractivity contribution in [3.8, 4) is 22.9 Å². The fourth-order valence-corrected chi connectivity index (χ4v) is 2.74. The zero-order valence-corrected chi connectivity index (χ0v) is 15.6. The first-order chi connectivity index (χ1) is 12.6. The van der Waals surface area contributed by atoms with Crippen LogP contribution in [0.25, 0.3) is 11.4 Å². The van der Waals surface area contributed by atoms with Gasteiger partial charge < -0.3 is 18.7 Å².